The van der Waals surface area contributed by atoms with Crippen molar-refractivity contribution in [3.63, 3.8) is 0 Å². The highest BCUT2D eigenvalue weighted by molar-refractivity contribution is 5.85. The number of nitrogens with zero attached hydrogens (tertiary/aromatic N) is 1. The minimum Gasteiger partial charge on any atom is -0.335 e. The number of aryl methyl sites for hydroxylation is 1. The van der Waals surface area contributed by atoms with Gasteiger partial charge in [-0.25, -0.2) is 4.98 Å². The monoisotopic (exact) mass is 196 g/mol. The minimum atomic E-state index is 0.913. The number of anilines is 2. The van der Waals surface area contributed by atoms with Gasteiger partial charge in [-0.05, 0) is 24.6 Å². The van der Waals surface area contributed by atoms with Crippen molar-refractivity contribution in [3.8, 4) is 0 Å². The molecule has 0 aliphatic carbocycles. The van der Waals surface area contributed by atoms with Crippen molar-refractivity contribution in [3.05, 3.63) is 53.2 Å². The van der Waals surface area contributed by atoms with Gasteiger partial charge in [-0.15, -0.1) is 0 Å². The molecule has 1 aromatic heterocycles. The number of aromatic nitrogens is 1. The van der Waals surface area contributed by atoms with Crippen LogP contribution in [-0.4, -0.2) is 4.98 Å². The molecule has 0 atom stereocenters. The van der Waals surface area contributed by atoms with Crippen LogP contribution in [0.5, 0.6) is 0 Å². The fraction of sp³-hybridized carbons (Fsp3) is 0.154. The molecular formula is C13H12N2. The summed E-state index contributed by atoms with van der Waals surface area (Å²) in [6, 6.07) is 12.7. The zero-order valence-electron chi connectivity index (χ0n) is 8.62. The third-order valence-corrected chi connectivity index (χ3v) is 2.61. The van der Waals surface area contributed by atoms with E-state index in [1.165, 1.54) is 16.8 Å². The zero-order chi connectivity index (χ0) is 10.3. The highest BCUT2D eigenvalue weighted by Crippen LogP contribution is 2.35. The lowest BCUT2D eigenvalue weighted by Gasteiger charge is -2.00. The Morgan fingerprint density at radius 1 is 1.20 bits per heavy atom. The van der Waals surface area contributed by atoms with E-state index in [0.717, 1.165) is 17.9 Å². The van der Waals surface area contributed by atoms with Gasteiger partial charge in [-0.3, -0.25) is 0 Å². The quantitative estimate of drug-likeness (QED) is 0.639. The lowest BCUT2D eigenvalue weighted by atomic mass is 10.1. The second-order valence-electron chi connectivity index (χ2n) is 3.99. The molecule has 74 valence electrons. The summed E-state index contributed by atoms with van der Waals surface area (Å²) in [5, 5.41) is 3.12. The SMILES string of the molecule is Cc1cccc(Cc2ccc3c(n2)N3)c1. The fourth-order valence-electron chi connectivity index (χ4n) is 1.80. The van der Waals surface area contributed by atoms with Crippen molar-refractivity contribution < 1.29 is 0 Å². The maximum atomic E-state index is 4.48. The molecule has 3 rings (SSSR count). The largest absolute Gasteiger partial charge is 0.335 e. The van der Waals surface area contributed by atoms with Crippen LogP contribution in [0.1, 0.15) is 16.8 Å². The molecule has 1 N–H and O–H groups in total. The number of pyridine rings is 1. The maximum Gasteiger partial charge on any atom is 0.154 e. The summed E-state index contributed by atoms with van der Waals surface area (Å²) in [5.74, 6) is 1.04. The van der Waals surface area contributed by atoms with E-state index in [1.807, 2.05) is 0 Å². The fourth-order valence-corrected chi connectivity index (χ4v) is 1.80. The average molecular weight is 196 g/mol. The number of rotatable bonds is 2. The molecule has 0 unspecified atom stereocenters. The van der Waals surface area contributed by atoms with Gasteiger partial charge >= 0.3 is 0 Å². The first-order valence-corrected chi connectivity index (χ1v) is 5.14. The first kappa shape index (κ1) is 8.48. The topological polar surface area (TPSA) is 34.8 Å². The highest BCUT2D eigenvalue weighted by atomic mass is 15.1. The van der Waals surface area contributed by atoms with Crippen molar-refractivity contribution in [1.29, 1.82) is 0 Å². The zero-order valence-corrected chi connectivity index (χ0v) is 8.62. The van der Waals surface area contributed by atoms with Crippen LogP contribution in [0.15, 0.2) is 36.4 Å². The smallest absolute Gasteiger partial charge is 0.154 e. The molecule has 2 aromatic rings. The van der Waals surface area contributed by atoms with Crippen LogP contribution >= 0.6 is 0 Å². The van der Waals surface area contributed by atoms with Crippen LogP contribution in [0.4, 0.5) is 11.5 Å². The van der Waals surface area contributed by atoms with Crippen LogP contribution in [0.3, 0.4) is 0 Å². The first-order valence-electron chi connectivity index (χ1n) is 5.14. The van der Waals surface area contributed by atoms with Gasteiger partial charge < -0.3 is 5.32 Å². The molecule has 0 saturated carbocycles. The van der Waals surface area contributed by atoms with Crippen LogP contribution in [0.2, 0.25) is 0 Å². The first-order chi connectivity index (χ1) is 7.31. The lowest BCUT2D eigenvalue weighted by Crippen LogP contribution is -1.90. The molecule has 0 bridgehead atoms. The third-order valence-electron chi connectivity index (χ3n) is 2.61. The van der Waals surface area contributed by atoms with Crippen LogP contribution in [0, 0.1) is 6.92 Å². The van der Waals surface area contributed by atoms with E-state index in [2.05, 4.69) is 53.6 Å². The lowest BCUT2D eigenvalue weighted by molar-refractivity contribution is 1.09. The van der Waals surface area contributed by atoms with E-state index in [9.17, 15) is 0 Å². The van der Waals surface area contributed by atoms with Crippen molar-refractivity contribution in [1.82, 2.24) is 4.98 Å². The molecule has 1 aromatic carbocycles. The Bertz CT molecular complexity index is 509. The van der Waals surface area contributed by atoms with Gasteiger partial charge in [0, 0.05) is 12.1 Å². The minimum absolute atomic E-state index is 0.913. The molecule has 1 aliphatic rings. The Morgan fingerprint density at radius 2 is 2.13 bits per heavy atom. The summed E-state index contributed by atoms with van der Waals surface area (Å²) < 4.78 is 0. The van der Waals surface area contributed by atoms with Gasteiger partial charge in [0.15, 0.2) is 5.82 Å². The molecule has 2 nitrogen and oxygen atoms in total. The second kappa shape index (κ2) is 3.09. The number of nitrogens with one attached hydrogen (secondary N) is 1. The van der Waals surface area contributed by atoms with Crippen molar-refractivity contribution in [2.75, 3.05) is 5.32 Å². The van der Waals surface area contributed by atoms with E-state index in [0.29, 0.717) is 0 Å². The van der Waals surface area contributed by atoms with Gasteiger partial charge in [0.2, 0.25) is 0 Å². The molecule has 1 aliphatic heterocycles. The number of benzene rings is 1. The second-order valence-corrected chi connectivity index (χ2v) is 3.99. The van der Waals surface area contributed by atoms with Crippen LogP contribution in [0.25, 0.3) is 0 Å². The van der Waals surface area contributed by atoms with Crippen molar-refractivity contribution in [2.45, 2.75) is 13.3 Å². The summed E-state index contributed by atoms with van der Waals surface area (Å²) in [4.78, 5) is 4.48. The average Bonchev–Trinajstić information content (AvgIpc) is 2.96. The van der Waals surface area contributed by atoms with Gasteiger partial charge in [-0.2, -0.15) is 0 Å². The molecule has 2 heterocycles. The van der Waals surface area contributed by atoms with Gasteiger partial charge in [0.05, 0.1) is 5.69 Å². The standard InChI is InChI=1S/C13H12N2/c1-9-3-2-4-10(7-9)8-11-5-6-12-13(14-11)15-12/h2-7H,8H2,1H3,(H,14,15). The van der Waals surface area contributed by atoms with Gasteiger partial charge in [0.1, 0.15) is 0 Å². The van der Waals surface area contributed by atoms with Crippen LogP contribution < -0.4 is 5.32 Å². The predicted octanol–water partition coefficient (Wildman–Crippen LogP) is 3.04. The summed E-state index contributed by atoms with van der Waals surface area (Å²) in [6.07, 6.45) is 0.913. The number of hydrogen-bond acceptors (Lipinski definition) is 2. The normalized spacial score (nSPS) is 11.8. The van der Waals surface area contributed by atoms with E-state index in [4.69, 9.17) is 0 Å². The van der Waals surface area contributed by atoms with E-state index in [1.54, 1.807) is 0 Å². The summed E-state index contributed by atoms with van der Waals surface area (Å²) >= 11 is 0. The Labute approximate surface area is 89.0 Å². The maximum absolute atomic E-state index is 4.48. The van der Waals surface area contributed by atoms with E-state index in [-0.39, 0.29) is 0 Å². The molecule has 2 heteroatoms. The summed E-state index contributed by atoms with van der Waals surface area (Å²) in [5.41, 5.74) is 4.92. The Morgan fingerprint density at radius 3 is 2.93 bits per heavy atom. The Kier molecular flexibility index (Phi) is 1.75. The van der Waals surface area contributed by atoms with E-state index >= 15 is 0 Å². The summed E-state index contributed by atoms with van der Waals surface area (Å²) in [6.45, 7) is 2.12. The molecular weight excluding hydrogens is 184 g/mol. The van der Waals surface area contributed by atoms with Crippen molar-refractivity contribution in [2.24, 2.45) is 0 Å². The van der Waals surface area contributed by atoms with Gasteiger partial charge in [-0.1, -0.05) is 29.8 Å². The highest BCUT2D eigenvalue weighted by Gasteiger charge is 2.17. The van der Waals surface area contributed by atoms with Crippen LogP contribution in [-0.2, 0) is 6.42 Å². The summed E-state index contributed by atoms with van der Waals surface area (Å²) in [7, 11) is 0. The Balaban J connectivity index is 1.86. The number of hydrogen-bond donors (Lipinski definition) is 1. The molecule has 0 fully saturated rings. The number of fused-ring (bicyclic) bond motifs is 1. The van der Waals surface area contributed by atoms with Gasteiger partial charge in [0.25, 0.3) is 0 Å². The predicted molar refractivity (Wildman–Crippen MR) is 61.5 cm³/mol. The Hall–Kier alpha value is -1.83. The van der Waals surface area contributed by atoms with E-state index < -0.39 is 0 Å². The van der Waals surface area contributed by atoms with Crippen molar-refractivity contribution >= 4 is 11.5 Å². The molecule has 0 spiro atoms. The third kappa shape index (κ3) is 1.71. The molecule has 15 heavy (non-hydrogen) atoms. The molecule has 0 amide bonds. The molecule has 0 radical (unpaired) electrons. The molecule has 0 saturated heterocycles.